The van der Waals surface area contributed by atoms with Gasteiger partial charge in [0.05, 0.1) is 6.04 Å². The molecule has 1 unspecified atom stereocenters. The number of ketones is 1. The van der Waals surface area contributed by atoms with E-state index in [9.17, 15) is 4.79 Å². The van der Waals surface area contributed by atoms with Gasteiger partial charge < -0.3 is 4.90 Å². The fraction of sp³-hybridized carbons (Fsp3) is 0.292. The van der Waals surface area contributed by atoms with Gasteiger partial charge in [0, 0.05) is 24.2 Å². The molecule has 2 nitrogen and oxygen atoms in total. The van der Waals surface area contributed by atoms with E-state index in [0.29, 0.717) is 6.42 Å². The van der Waals surface area contributed by atoms with Gasteiger partial charge in [-0.2, -0.15) is 0 Å². The van der Waals surface area contributed by atoms with Crippen LogP contribution < -0.4 is 0 Å². The van der Waals surface area contributed by atoms with Gasteiger partial charge in [-0.1, -0.05) is 86.7 Å². The van der Waals surface area contributed by atoms with Gasteiger partial charge >= 0.3 is 0 Å². The van der Waals surface area contributed by atoms with Gasteiger partial charge in [0.15, 0.2) is 5.78 Å². The van der Waals surface area contributed by atoms with E-state index < -0.39 is 0 Å². The summed E-state index contributed by atoms with van der Waals surface area (Å²) in [5, 5.41) is 0. The summed E-state index contributed by atoms with van der Waals surface area (Å²) in [4.78, 5) is 15.2. The highest BCUT2D eigenvalue weighted by Crippen LogP contribution is 2.44. The Labute approximate surface area is 155 Å². The Morgan fingerprint density at radius 1 is 0.962 bits per heavy atom. The molecule has 132 valence electrons. The average molecular weight is 343 g/mol. The van der Waals surface area contributed by atoms with Crippen LogP contribution in [0.4, 0.5) is 0 Å². The lowest BCUT2D eigenvalue weighted by Gasteiger charge is -2.43. The average Bonchev–Trinajstić information content (AvgIpc) is 2.63. The summed E-state index contributed by atoms with van der Waals surface area (Å²) in [5.41, 5.74) is 4.66. The molecular weight excluding hydrogens is 318 g/mol. The van der Waals surface area contributed by atoms with E-state index in [2.05, 4.69) is 85.5 Å². The lowest BCUT2D eigenvalue weighted by Crippen LogP contribution is -2.37. The van der Waals surface area contributed by atoms with E-state index in [1.165, 1.54) is 16.8 Å². The summed E-state index contributed by atoms with van der Waals surface area (Å²) in [6.07, 6.45) is 5.82. The first-order valence-electron chi connectivity index (χ1n) is 9.34. The Balaban J connectivity index is 1.78. The number of rotatable bonds is 3. The van der Waals surface area contributed by atoms with Crippen molar-refractivity contribution >= 4 is 5.78 Å². The molecule has 0 aromatic heterocycles. The predicted molar refractivity (Wildman–Crippen MR) is 105 cm³/mol. The zero-order valence-electron chi connectivity index (χ0n) is 15.5. The van der Waals surface area contributed by atoms with Crippen LogP contribution >= 0.6 is 0 Å². The molecule has 1 atom stereocenters. The molecule has 4 rings (SSSR count). The van der Waals surface area contributed by atoms with Crippen molar-refractivity contribution in [1.29, 1.82) is 0 Å². The second kappa shape index (κ2) is 6.60. The molecular formula is C24H25NO. The highest BCUT2D eigenvalue weighted by molar-refractivity contribution is 6.00. The minimum atomic E-state index is 0.0112. The fourth-order valence-corrected chi connectivity index (χ4v) is 4.12. The van der Waals surface area contributed by atoms with E-state index in [1.54, 1.807) is 0 Å². The lowest BCUT2D eigenvalue weighted by molar-refractivity contribution is -0.118. The standard InChI is InChI=1S/C24H25NO/c1-24(2)15-22-20(23(26)16-24)13-14-21(19-11-7-4-8-12-19)25(22)17-18-9-5-3-6-10-18/h3-14,21H,15-17H2,1-2H3. The maximum absolute atomic E-state index is 12.7. The minimum absolute atomic E-state index is 0.0112. The Kier molecular flexibility index (Phi) is 4.28. The Morgan fingerprint density at radius 2 is 1.62 bits per heavy atom. The highest BCUT2D eigenvalue weighted by atomic mass is 16.1. The SMILES string of the molecule is CC1(C)CC(=O)C2=C(C1)N(Cc1ccccc1)C(c1ccccc1)C=C2. The maximum Gasteiger partial charge on any atom is 0.165 e. The largest absolute Gasteiger partial charge is 0.359 e. The van der Waals surface area contributed by atoms with Gasteiger partial charge in [0.25, 0.3) is 0 Å². The van der Waals surface area contributed by atoms with Crippen LogP contribution in [0.15, 0.2) is 84.1 Å². The first-order chi connectivity index (χ1) is 12.5. The number of Topliss-reactive ketones (excluding diaryl/α,β-unsaturated/α-hetero) is 1. The number of allylic oxidation sites excluding steroid dienone is 3. The van der Waals surface area contributed by atoms with Gasteiger partial charge in [-0.25, -0.2) is 0 Å². The van der Waals surface area contributed by atoms with Crippen LogP contribution in [0.1, 0.15) is 43.9 Å². The summed E-state index contributed by atoms with van der Waals surface area (Å²) in [6.45, 7) is 5.21. The smallest absolute Gasteiger partial charge is 0.165 e. The number of hydrogen-bond donors (Lipinski definition) is 0. The molecule has 2 aliphatic rings. The third kappa shape index (κ3) is 3.24. The molecule has 2 heteroatoms. The van der Waals surface area contributed by atoms with Gasteiger partial charge in [0.2, 0.25) is 0 Å². The maximum atomic E-state index is 12.7. The van der Waals surface area contributed by atoms with Gasteiger partial charge in [-0.15, -0.1) is 0 Å². The van der Waals surface area contributed by atoms with Crippen molar-refractivity contribution in [2.24, 2.45) is 5.41 Å². The van der Waals surface area contributed by atoms with Gasteiger partial charge in [-0.3, -0.25) is 4.79 Å². The van der Waals surface area contributed by atoms with Crippen LogP contribution in [0.3, 0.4) is 0 Å². The van der Waals surface area contributed by atoms with E-state index in [0.717, 1.165) is 18.5 Å². The molecule has 0 saturated heterocycles. The Hall–Kier alpha value is -2.61. The number of nitrogens with zero attached hydrogens (tertiary/aromatic N) is 1. The third-order valence-electron chi connectivity index (χ3n) is 5.36. The van der Waals surface area contributed by atoms with Crippen molar-refractivity contribution in [2.45, 2.75) is 39.3 Å². The second-order valence-corrected chi connectivity index (χ2v) is 8.13. The van der Waals surface area contributed by atoms with Crippen LogP contribution in [0.5, 0.6) is 0 Å². The molecule has 0 fully saturated rings. The molecule has 0 saturated carbocycles. The Morgan fingerprint density at radius 3 is 2.31 bits per heavy atom. The summed E-state index contributed by atoms with van der Waals surface area (Å²) < 4.78 is 0. The summed E-state index contributed by atoms with van der Waals surface area (Å²) >= 11 is 0. The number of carbonyl (C=O) groups excluding carboxylic acids is 1. The van der Waals surface area contributed by atoms with Crippen molar-refractivity contribution < 1.29 is 4.79 Å². The normalized spacial score (nSPS) is 21.7. The molecule has 2 aromatic carbocycles. The first-order valence-corrected chi connectivity index (χ1v) is 9.34. The molecule has 26 heavy (non-hydrogen) atoms. The second-order valence-electron chi connectivity index (χ2n) is 8.13. The van der Waals surface area contributed by atoms with E-state index in [4.69, 9.17) is 0 Å². The molecule has 1 heterocycles. The van der Waals surface area contributed by atoms with Crippen molar-refractivity contribution in [2.75, 3.05) is 0 Å². The molecule has 1 aliphatic carbocycles. The van der Waals surface area contributed by atoms with Crippen molar-refractivity contribution in [1.82, 2.24) is 4.90 Å². The quantitative estimate of drug-likeness (QED) is 0.739. The topological polar surface area (TPSA) is 20.3 Å². The van der Waals surface area contributed by atoms with E-state index >= 15 is 0 Å². The number of carbonyl (C=O) groups is 1. The van der Waals surface area contributed by atoms with Crippen LogP contribution in [-0.2, 0) is 11.3 Å². The molecule has 0 bridgehead atoms. The van der Waals surface area contributed by atoms with Crippen LogP contribution in [0, 0.1) is 5.41 Å². The van der Waals surface area contributed by atoms with Gasteiger partial charge in [0.1, 0.15) is 0 Å². The predicted octanol–water partition coefficient (Wildman–Crippen LogP) is 5.44. The fourth-order valence-electron chi connectivity index (χ4n) is 4.12. The molecule has 0 radical (unpaired) electrons. The minimum Gasteiger partial charge on any atom is -0.359 e. The molecule has 0 N–H and O–H groups in total. The van der Waals surface area contributed by atoms with Gasteiger partial charge in [-0.05, 0) is 23.0 Å². The Bertz CT molecular complexity index is 862. The molecule has 0 amide bonds. The van der Waals surface area contributed by atoms with Crippen molar-refractivity contribution in [3.05, 3.63) is 95.2 Å². The zero-order chi connectivity index (χ0) is 18.1. The summed E-state index contributed by atoms with van der Waals surface area (Å²) in [5.74, 6) is 0.275. The van der Waals surface area contributed by atoms with Crippen LogP contribution in [0.2, 0.25) is 0 Å². The molecule has 2 aromatic rings. The van der Waals surface area contributed by atoms with Crippen LogP contribution in [0.25, 0.3) is 0 Å². The van der Waals surface area contributed by atoms with Crippen molar-refractivity contribution in [3.8, 4) is 0 Å². The van der Waals surface area contributed by atoms with E-state index in [1.807, 2.05) is 6.07 Å². The van der Waals surface area contributed by atoms with Crippen LogP contribution in [-0.4, -0.2) is 10.7 Å². The lowest BCUT2D eigenvalue weighted by atomic mass is 9.74. The zero-order valence-corrected chi connectivity index (χ0v) is 15.5. The van der Waals surface area contributed by atoms with Crippen molar-refractivity contribution in [3.63, 3.8) is 0 Å². The molecule has 1 aliphatic heterocycles. The molecule has 0 spiro atoms. The summed E-state index contributed by atoms with van der Waals surface area (Å²) in [7, 11) is 0. The number of hydrogen-bond acceptors (Lipinski definition) is 2. The van der Waals surface area contributed by atoms with E-state index in [-0.39, 0.29) is 17.2 Å². The highest BCUT2D eigenvalue weighted by Gasteiger charge is 2.37. The summed E-state index contributed by atoms with van der Waals surface area (Å²) in [6, 6.07) is 21.3. The monoisotopic (exact) mass is 343 g/mol. The third-order valence-corrected chi connectivity index (χ3v) is 5.36. The first kappa shape index (κ1) is 16.8. The number of benzene rings is 2.